The van der Waals surface area contributed by atoms with Gasteiger partial charge in [-0.1, -0.05) is 32.0 Å². The van der Waals surface area contributed by atoms with Crippen LogP contribution in [0.2, 0.25) is 0 Å². The Morgan fingerprint density at radius 3 is 2.65 bits per heavy atom. The van der Waals surface area contributed by atoms with E-state index in [0.29, 0.717) is 38.3 Å². The Balaban J connectivity index is 1.58. The molecule has 1 aromatic carbocycles. The van der Waals surface area contributed by atoms with Gasteiger partial charge in [0.1, 0.15) is 5.75 Å². The number of rotatable bonds is 8. The van der Waals surface area contributed by atoms with Gasteiger partial charge < -0.3 is 15.0 Å². The number of ether oxygens (including phenoxy) is 1. The van der Waals surface area contributed by atoms with Crippen LogP contribution in [0.5, 0.6) is 5.75 Å². The van der Waals surface area contributed by atoms with Gasteiger partial charge in [-0.05, 0) is 36.2 Å². The Bertz CT molecular complexity index is 1140. The highest BCUT2D eigenvalue weighted by Gasteiger charge is 2.31. The number of hydrogen-bond donors (Lipinski definition) is 1. The number of fused-ring (bicyclic) bond motifs is 1. The van der Waals surface area contributed by atoms with Crippen molar-refractivity contribution in [3.63, 3.8) is 0 Å². The molecule has 0 aliphatic carbocycles. The number of amides is 2. The Kier molecular flexibility index (Phi) is 7.25. The lowest BCUT2D eigenvalue weighted by Crippen LogP contribution is -2.39. The van der Waals surface area contributed by atoms with Gasteiger partial charge in [-0.2, -0.15) is 5.10 Å². The van der Waals surface area contributed by atoms with E-state index in [9.17, 15) is 9.59 Å². The minimum absolute atomic E-state index is 0.0440. The number of hydrogen-bond acceptors (Lipinski definition) is 5. The Labute approximate surface area is 199 Å². The molecule has 2 aromatic heterocycles. The fraction of sp³-hybridized carbons (Fsp3) is 0.385. The van der Waals surface area contributed by atoms with Gasteiger partial charge in [0.15, 0.2) is 5.69 Å². The molecular weight excluding hydrogens is 430 g/mol. The predicted octanol–water partition coefficient (Wildman–Crippen LogP) is 3.20. The largest absolute Gasteiger partial charge is 0.497 e. The molecule has 0 saturated carbocycles. The van der Waals surface area contributed by atoms with E-state index in [1.54, 1.807) is 13.3 Å². The third-order valence-electron chi connectivity index (χ3n) is 6.34. The second-order valence-corrected chi connectivity index (χ2v) is 8.60. The van der Waals surface area contributed by atoms with Gasteiger partial charge in [0.25, 0.3) is 5.91 Å². The lowest BCUT2D eigenvalue weighted by atomic mass is 10.0. The molecule has 0 spiro atoms. The van der Waals surface area contributed by atoms with Gasteiger partial charge in [0.05, 0.1) is 19.3 Å². The zero-order valence-corrected chi connectivity index (χ0v) is 20.0. The van der Waals surface area contributed by atoms with Crippen molar-refractivity contribution in [2.45, 2.75) is 46.3 Å². The van der Waals surface area contributed by atoms with Gasteiger partial charge >= 0.3 is 0 Å². The summed E-state index contributed by atoms with van der Waals surface area (Å²) in [4.78, 5) is 32.3. The molecule has 8 nitrogen and oxygen atoms in total. The monoisotopic (exact) mass is 461 g/mol. The Morgan fingerprint density at radius 1 is 1.18 bits per heavy atom. The van der Waals surface area contributed by atoms with Crippen molar-refractivity contribution in [1.29, 1.82) is 0 Å². The summed E-state index contributed by atoms with van der Waals surface area (Å²) in [5.74, 6) is 0.598. The molecule has 0 bridgehead atoms. The summed E-state index contributed by atoms with van der Waals surface area (Å²) in [6.07, 6.45) is 3.19. The quantitative estimate of drug-likeness (QED) is 0.557. The third-order valence-corrected chi connectivity index (χ3v) is 6.34. The molecule has 4 rings (SSSR count). The van der Waals surface area contributed by atoms with Crippen LogP contribution in [0.1, 0.15) is 53.3 Å². The minimum atomic E-state index is -0.246. The van der Waals surface area contributed by atoms with Gasteiger partial charge in [0.2, 0.25) is 5.91 Å². The highest BCUT2D eigenvalue weighted by molar-refractivity contribution is 5.94. The first-order valence-corrected chi connectivity index (χ1v) is 11.7. The first kappa shape index (κ1) is 23.5. The molecular formula is C26H31N5O3. The molecule has 0 radical (unpaired) electrons. The van der Waals surface area contributed by atoms with Crippen molar-refractivity contribution < 1.29 is 14.3 Å². The van der Waals surface area contributed by atoms with E-state index in [1.165, 1.54) is 0 Å². The number of nitrogens with zero attached hydrogens (tertiary/aromatic N) is 4. The number of methoxy groups -OCH3 is 1. The van der Waals surface area contributed by atoms with Crippen molar-refractivity contribution in [2.24, 2.45) is 5.92 Å². The highest BCUT2D eigenvalue weighted by Crippen LogP contribution is 2.25. The zero-order chi connectivity index (χ0) is 24.1. The molecule has 0 fully saturated rings. The van der Waals surface area contributed by atoms with Crippen molar-refractivity contribution in [3.05, 3.63) is 76.9 Å². The number of carbonyl (C=O) groups is 2. The van der Waals surface area contributed by atoms with Crippen LogP contribution in [0.25, 0.3) is 0 Å². The summed E-state index contributed by atoms with van der Waals surface area (Å²) in [6.45, 7) is 5.84. The molecule has 3 heterocycles. The molecule has 0 unspecified atom stereocenters. The molecule has 1 aliphatic rings. The van der Waals surface area contributed by atoms with Crippen LogP contribution >= 0.6 is 0 Å². The normalized spacial score (nSPS) is 13.8. The molecule has 1 N–H and O–H groups in total. The first-order chi connectivity index (χ1) is 16.5. The maximum atomic E-state index is 13.2. The number of benzene rings is 1. The van der Waals surface area contributed by atoms with E-state index in [2.05, 4.69) is 10.3 Å². The number of aromatic nitrogens is 3. The van der Waals surface area contributed by atoms with Crippen LogP contribution in [-0.4, -0.2) is 45.1 Å². The summed E-state index contributed by atoms with van der Waals surface area (Å²) in [6, 6.07) is 13.3. The average molecular weight is 462 g/mol. The number of nitrogens with one attached hydrogen (secondary N) is 1. The number of carbonyl (C=O) groups excluding carboxylic acids is 2. The second kappa shape index (κ2) is 10.5. The summed E-state index contributed by atoms with van der Waals surface area (Å²) in [5, 5.41) is 7.68. The fourth-order valence-electron chi connectivity index (χ4n) is 4.13. The molecule has 178 valence electrons. The first-order valence-electron chi connectivity index (χ1n) is 11.7. The zero-order valence-electron chi connectivity index (χ0n) is 20.0. The van der Waals surface area contributed by atoms with E-state index in [0.717, 1.165) is 34.7 Å². The SMILES string of the molecule is CC[C@H](C)C(=O)N1CCc2c(c(C(=O)NCc3ccc(OC)cc3)nn2Cc2ccccn2)C1. The maximum absolute atomic E-state index is 13.2. The summed E-state index contributed by atoms with van der Waals surface area (Å²) in [5.41, 5.74) is 4.03. The molecule has 3 aromatic rings. The summed E-state index contributed by atoms with van der Waals surface area (Å²) in [7, 11) is 1.62. The van der Waals surface area contributed by atoms with Gasteiger partial charge in [0, 0.05) is 49.4 Å². The van der Waals surface area contributed by atoms with Crippen molar-refractivity contribution >= 4 is 11.8 Å². The molecule has 34 heavy (non-hydrogen) atoms. The Hall–Kier alpha value is -3.68. The fourth-order valence-corrected chi connectivity index (χ4v) is 4.13. The van der Waals surface area contributed by atoms with Gasteiger partial charge in [-0.15, -0.1) is 0 Å². The van der Waals surface area contributed by atoms with Crippen molar-refractivity contribution in [2.75, 3.05) is 13.7 Å². The lowest BCUT2D eigenvalue weighted by molar-refractivity contribution is -0.136. The van der Waals surface area contributed by atoms with E-state index in [1.807, 2.05) is 65.9 Å². The van der Waals surface area contributed by atoms with Crippen LogP contribution in [0.4, 0.5) is 0 Å². The van der Waals surface area contributed by atoms with E-state index >= 15 is 0 Å². The molecule has 1 aliphatic heterocycles. The van der Waals surface area contributed by atoms with E-state index in [4.69, 9.17) is 9.84 Å². The van der Waals surface area contributed by atoms with Crippen LogP contribution < -0.4 is 10.1 Å². The summed E-state index contributed by atoms with van der Waals surface area (Å²) < 4.78 is 7.06. The molecule has 8 heteroatoms. The van der Waals surface area contributed by atoms with Crippen LogP contribution in [0, 0.1) is 5.92 Å². The maximum Gasteiger partial charge on any atom is 0.272 e. The summed E-state index contributed by atoms with van der Waals surface area (Å²) >= 11 is 0. The topological polar surface area (TPSA) is 89.4 Å². The lowest BCUT2D eigenvalue weighted by Gasteiger charge is -2.30. The minimum Gasteiger partial charge on any atom is -0.497 e. The van der Waals surface area contributed by atoms with Crippen molar-refractivity contribution in [1.82, 2.24) is 25.0 Å². The van der Waals surface area contributed by atoms with Crippen molar-refractivity contribution in [3.8, 4) is 5.75 Å². The predicted molar refractivity (Wildman–Crippen MR) is 128 cm³/mol. The molecule has 2 amide bonds. The smallest absolute Gasteiger partial charge is 0.272 e. The standard InChI is InChI=1S/C26H31N5O3/c1-4-18(2)26(33)30-14-12-23-22(17-30)24(29-31(23)16-20-7-5-6-13-27-20)25(32)28-15-19-8-10-21(34-3)11-9-19/h5-11,13,18H,4,12,14-17H2,1-3H3,(H,28,32)/t18-/m0/s1. The second-order valence-electron chi connectivity index (χ2n) is 8.60. The van der Waals surface area contributed by atoms with Crippen LogP contribution in [0.15, 0.2) is 48.7 Å². The Morgan fingerprint density at radius 2 is 1.97 bits per heavy atom. The highest BCUT2D eigenvalue weighted by atomic mass is 16.5. The number of pyridine rings is 1. The average Bonchev–Trinajstić information content (AvgIpc) is 3.24. The van der Waals surface area contributed by atoms with E-state index < -0.39 is 0 Å². The third kappa shape index (κ3) is 5.11. The van der Waals surface area contributed by atoms with Crippen LogP contribution in [-0.2, 0) is 30.8 Å². The molecule has 0 saturated heterocycles. The van der Waals surface area contributed by atoms with Gasteiger partial charge in [-0.3, -0.25) is 19.3 Å². The van der Waals surface area contributed by atoms with Crippen LogP contribution in [0.3, 0.4) is 0 Å². The van der Waals surface area contributed by atoms with E-state index in [-0.39, 0.29) is 17.7 Å². The van der Waals surface area contributed by atoms with Gasteiger partial charge in [-0.25, -0.2) is 0 Å². The molecule has 1 atom stereocenters.